The van der Waals surface area contributed by atoms with Crippen molar-refractivity contribution >= 4 is 21.2 Å². The van der Waals surface area contributed by atoms with Crippen molar-refractivity contribution in [1.29, 1.82) is 0 Å². The van der Waals surface area contributed by atoms with Gasteiger partial charge in [-0.15, -0.1) is 0 Å². The lowest BCUT2D eigenvalue weighted by atomic mass is 10.0. The zero-order chi connectivity index (χ0) is 20.3. The molecule has 2 aromatic carbocycles. The third-order valence-corrected chi connectivity index (χ3v) is 6.13. The lowest BCUT2D eigenvalue weighted by molar-refractivity contribution is -0.387. The number of likely N-dealkylation sites (tertiary alicyclic amines) is 1. The van der Waals surface area contributed by atoms with E-state index in [-0.39, 0.29) is 16.6 Å². The number of benzene rings is 2. The summed E-state index contributed by atoms with van der Waals surface area (Å²) < 4.78 is 23.8. The molecule has 8 heteroatoms. The van der Waals surface area contributed by atoms with Crippen LogP contribution in [0, 0.1) is 17.0 Å². The highest BCUT2D eigenvalue weighted by Gasteiger charge is 2.24. The summed E-state index contributed by atoms with van der Waals surface area (Å²) in [5, 5.41) is 14.4. The zero-order valence-electron chi connectivity index (χ0n) is 16.1. The number of nitro groups is 1. The Labute approximate surface area is 165 Å². The fourth-order valence-corrected chi connectivity index (χ4v) is 4.46. The molecule has 28 heavy (non-hydrogen) atoms. The van der Waals surface area contributed by atoms with Crippen molar-refractivity contribution in [3.63, 3.8) is 0 Å². The minimum atomic E-state index is -3.68. The van der Waals surface area contributed by atoms with Crippen LogP contribution in [0.1, 0.15) is 24.0 Å². The van der Waals surface area contributed by atoms with Gasteiger partial charge in [-0.1, -0.05) is 29.8 Å². The number of sulfone groups is 1. The van der Waals surface area contributed by atoms with E-state index in [0.29, 0.717) is 5.69 Å². The highest BCUT2D eigenvalue weighted by atomic mass is 32.2. The molecule has 1 fully saturated rings. The van der Waals surface area contributed by atoms with Crippen molar-refractivity contribution in [2.45, 2.75) is 37.2 Å². The van der Waals surface area contributed by atoms with Crippen LogP contribution in [0.4, 0.5) is 11.4 Å². The molecule has 0 amide bonds. The first-order valence-corrected chi connectivity index (χ1v) is 11.1. The molecule has 2 aromatic rings. The Kier molecular flexibility index (Phi) is 6.00. The normalized spacial score (nSPS) is 16.1. The summed E-state index contributed by atoms with van der Waals surface area (Å²) in [7, 11) is -3.68. The molecule has 0 radical (unpaired) electrons. The second-order valence-corrected chi connectivity index (χ2v) is 9.38. The highest BCUT2D eigenvalue weighted by Crippen LogP contribution is 2.28. The fourth-order valence-electron chi connectivity index (χ4n) is 3.59. The maximum absolute atomic E-state index is 11.9. The molecule has 7 nitrogen and oxygen atoms in total. The Bertz CT molecular complexity index is 967. The summed E-state index contributed by atoms with van der Waals surface area (Å²) in [5.41, 5.74) is 2.78. The number of nitrogens with zero attached hydrogens (tertiary/aromatic N) is 2. The Morgan fingerprint density at radius 1 is 1.18 bits per heavy atom. The molecular formula is C20H25N3O4S. The van der Waals surface area contributed by atoms with Crippen LogP contribution >= 0.6 is 0 Å². The maximum Gasteiger partial charge on any atom is 0.288 e. The average Bonchev–Trinajstić information content (AvgIpc) is 2.62. The number of anilines is 1. The third-order valence-electron chi connectivity index (χ3n) is 5.00. The average molecular weight is 404 g/mol. The standard InChI is InChI=1S/C20H25N3O4S/c1-15-4-3-5-16(12-15)14-22-10-8-17(9-11-22)21-18-6-7-19(23(24)25)20(13-18)28(2,26)27/h3-7,12-13,17,21H,8-11,14H2,1-2H3. The van der Waals surface area contributed by atoms with Gasteiger partial charge >= 0.3 is 0 Å². The predicted octanol–water partition coefficient (Wildman–Crippen LogP) is 3.38. The Hall–Kier alpha value is -2.45. The number of rotatable bonds is 6. The number of nitrogens with one attached hydrogen (secondary N) is 1. The van der Waals surface area contributed by atoms with E-state index in [1.807, 2.05) is 0 Å². The fraction of sp³-hybridized carbons (Fsp3) is 0.400. The van der Waals surface area contributed by atoms with Gasteiger partial charge in [0.25, 0.3) is 5.69 Å². The molecule has 1 N–H and O–H groups in total. The molecule has 0 aromatic heterocycles. The quantitative estimate of drug-likeness (QED) is 0.587. The first-order chi connectivity index (χ1) is 13.2. The molecule has 0 aliphatic carbocycles. The minimum Gasteiger partial charge on any atom is -0.382 e. The summed E-state index contributed by atoms with van der Waals surface area (Å²) in [6.45, 7) is 4.90. The lowest BCUT2D eigenvalue weighted by Gasteiger charge is -2.33. The molecule has 0 unspecified atom stereocenters. The van der Waals surface area contributed by atoms with Crippen molar-refractivity contribution in [2.75, 3.05) is 24.7 Å². The van der Waals surface area contributed by atoms with E-state index >= 15 is 0 Å². The Morgan fingerprint density at radius 3 is 2.50 bits per heavy atom. The van der Waals surface area contributed by atoms with Crippen molar-refractivity contribution in [3.05, 3.63) is 63.7 Å². The van der Waals surface area contributed by atoms with Crippen LogP contribution in [0.25, 0.3) is 0 Å². The van der Waals surface area contributed by atoms with Crippen LogP contribution in [0.2, 0.25) is 0 Å². The summed E-state index contributed by atoms with van der Waals surface area (Å²) in [6.07, 6.45) is 2.84. The SMILES string of the molecule is Cc1cccc(CN2CCC(Nc3ccc([N+](=O)[O-])c(S(C)(=O)=O)c3)CC2)c1. The molecule has 1 saturated heterocycles. The van der Waals surface area contributed by atoms with E-state index in [9.17, 15) is 18.5 Å². The van der Waals surface area contributed by atoms with Crippen molar-refractivity contribution in [1.82, 2.24) is 4.90 Å². The van der Waals surface area contributed by atoms with Crippen molar-refractivity contribution < 1.29 is 13.3 Å². The monoisotopic (exact) mass is 403 g/mol. The van der Waals surface area contributed by atoms with Gasteiger partial charge < -0.3 is 5.32 Å². The zero-order valence-corrected chi connectivity index (χ0v) is 16.9. The summed E-state index contributed by atoms with van der Waals surface area (Å²) in [4.78, 5) is 12.6. The van der Waals surface area contributed by atoms with E-state index in [0.717, 1.165) is 38.7 Å². The van der Waals surface area contributed by atoms with E-state index < -0.39 is 14.8 Å². The van der Waals surface area contributed by atoms with Gasteiger partial charge in [0.15, 0.2) is 9.84 Å². The summed E-state index contributed by atoms with van der Waals surface area (Å²) >= 11 is 0. The van der Waals surface area contributed by atoms with Crippen LogP contribution < -0.4 is 5.32 Å². The van der Waals surface area contributed by atoms with Crippen LogP contribution in [0.15, 0.2) is 47.4 Å². The van der Waals surface area contributed by atoms with Crippen LogP contribution in [0.3, 0.4) is 0 Å². The van der Waals surface area contributed by atoms with E-state index in [1.165, 1.54) is 23.3 Å². The molecule has 0 spiro atoms. The van der Waals surface area contributed by atoms with E-state index in [2.05, 4.69) is 41.4 Å². The van der Waals surface area contributed by atoms with Crippen molar-refractivity contribution in [2.24, 2.45) is 0 Å². The van der Waals surface area contributed by atoms with Gasteiger partial charge in [-0.2, -0.15) is 0 Å². The second-order valence-electron chi connectivity index (χ2n) is 7.40. The van der Waals surface area contributed by atoms with E-state index in [4.69, 9.17) is 0 Å². The number of hydrogen-bond donors (Lipinski definition) is 1. The Morgan fingerprint density at radius 2 is 1.89 bits per heavy atom. The third kappa shape index (κ3) is 5.08. The minimum absolute atomic E-state index is 0.211. The number of nitro benzene ring substituents is 1. The highest BCUT2D eigenvalue weighted by molar-refractivity contribution is 7.90. The first-order valence-electron chi connectivity index (χ1n) is 9.25. The summed E-state index contributed by atoms with van der Waals surface area (Å²) in [6, 6.07) is 12.9. The van der Waals surface area contributed by atoms with Gasteiger partial charge in [0, 0.05) is 43.7 Å². The van der Waals surface area contributed by atoms with Crippen molar-refractivity contribution in [3.8, 4) is 0 Å². The van der Waals surface area contributed by atoms with Gasteiger partial charge in [0.1, 0.15) is 4.90 Å². The molecule has 0 atom stereocenters. The van der Waals surface area contributed by atoms with Gasteiger partial charge in [0.05, 0.1) is 4.92 Å². The maximum atomic E-state index is 11.9. The largest absolute Gasteiger partial charge is 0.382 e. The van der Waals surface area contributed by atoms with E-state index in [1.54, 1.807) is 6.07 Å². The number of hydrogen-bond acceptors (Lipinski definition) is 6. The number of piperidine rings is 1. The molecule has 0 bridgehead atoms. The van der Waals surface area contributed by atoms with Gasteiger partial charge in [-0.25, -0.2) is 8.42 Å². The summed E-state index contributed by atoms with van der Waals surface area (Å²) in [5.74, 6) is 0. The van der Waals surface area contributed by atoms with Crippen LogP contribution in [-0.2, 0) is 16.4 Å². The molecule has 1 heterocycles. The molecule has 3 rings (SSSR count). The molecular weight excluding hydrogens is 378 g/mol. The lowest BCUT2D eigenvalue weighted by Crippen LogP contribution is -2.38. The smallest absolute Gasteiger partial charge is 0.288 e. The Balaban J connectivity index is 1.62. The van der Waals surface area contributed by atoms with Gasteiger partial charge in [-0.3, -0.25) is 15.0 Å². The molecule has 1 aliphatic rings. The van der Waals surface area contributed by atoms with Crippen LogP contribution in [0.5, 0.6) is 0 Å². The van der Waals surface area contributed by atoms with Gasteiger partial charge in [-0.05, 0) is 37.5 Å². The second kappa shape index (κ2) is 8.28. The van der Waals surface area contributed by atoms with Gasteiger partial charge in [0.2, 0.25) is 0 Å². The molecule has 150 valence electrons. The van der Waals surface area contributed by atoms with Crippen LogP contribution in [-0.4, -0.2) is 43.6 Å². The molecule has 0 saturated carbocycles. The molecule has 1 aliphatic heterocycles. The topological polar surface area (TPSA) is 92.5 Å². The number of aryl methyl sites for hydroxylation is 1. The predicted molar refractivity (Wildman–Crippen MR) is 109 cm³/mol. The first kappa shape index (κ1) is 20.3.